The van der Waals surface area contributed by atoms with E-state index in [1.165, 1.54) is 0 Å². The average Bonchev–Trinajstić information content (AvgIpc) is 2.26. The number of amides is 1. The van der Waals surface area contributed by atoms with E-state index in [1.54, 1.807) is 18.2 Å². The van der Waals surface area contributed by atoms with Gasteiger partial charge in [0.25, 0.3) is 0 Å². The van der Waals surface area contributed by atoms with Gasteiger partial charge in [0, 0.05) is 5.02 Å². The lowest BCUT2D eigenvalue weighted by atomic mass is 9.87. The van der Waals surface area contributed by atoms with Crippen molar-refractivity contribution < 1.29 is 14.7 Å². The Hall–Kier alpha value is -1.55. The van der Waals surface area contributed by atoms with Gasteiger partial charge in [0.05, 0.1) is 5.92 Å². The third-order valence-corrected chi connectivity index (χ3v) is 2.81. The first-order chi connectivity index (χ1) is 8.41. The molecule has 0 bridgehead atoms. The fourth-order valence-corrected chi connectivity index (χ4v) is 2.01. The van der Waals surface area contributed by atoms with Crippen molar-refractivity contribution in [2.45, 2.75) is 19.8 Å². The highest BCUT2D eigenvalue weighted by Gasteiger charge is 2.24. The first kappa shape index (κ1) is 14.5. The summed E-state index contributed by atoms with van der Waals surface area (Å²) in [5, 5.41) is 11.5. The van der Waals surface area contributed by atoms with Crippen molar-refractivity contribution in [3.8, 4) is 0 Å². The van der Waals surface area contributed by atoms with Crippen LogP contribution in [-0.2, 0) is 9.59 Å². The summed E-state index contributed by atoms with van der Waals surface area (Å²) in [5.41, 5.74) is 0.792. The second-order valence-corrected chi connectivity index (χ2v) is 4.82. The summed E-state index contributed by atoms with van der Waals surface area (Å²) >= 11 is 5.90. The molecule has 1 amide bonds. The molecule has 0 saturated carbocycles. The fourth-order valence-electron chi connectivity index (χ4n) is 1.81. The lowest BCUT2D eigenvalue weighted by Crippen LogP contribution is -2.35. The number of halogens is 1. The number of nitrogens with one attached hydrogen (secondary N) is 1. The lowest BCUT2D eigenvalue weighted by Gasteiger charge is -2.20. The normalized spacial score (nSPS) is 12.2. The van der Waals surface area contributed by atoms with Crippen molar-refractivity contribution in [2.24, 2.45) is 5.92 Å². The molecule has 1 aromatic carbocycles. The van der Waals surface area contributed by atoms with Crippen molar-refractivity contribution in [1.29, 1.82) is 0 Å². The molecule has 4 nitrogen and oxygen atoms in total. The predicted octanol–water partition coefficient (Wildman–Crippen LogP) is 2.28. The van der Waals surface area contributed by atoms with Gasteiger partial charge in [-0.15, -0.1) is 0 Å². The quantitative estimate of drug-likeness (QED) is 0.862. The van der Waals surface area contributed by atoms with Crippen LogP contribution in [-0.4, -0.2) is 23.5 Å². The molecule has 98 valence electrons. The van der Waals surface area contributed by atoms with Crippen molar-refractivity contribution in [2.75, 3.05) is 6.54 Å². The van der Waals surface area contributed by atoms with E-state index in [4.69, 9.17) is 16.7 Å². The molecule has 0 aliphatic heterocycles. The fraction of sp³-hybridized carbons (Fsp3) is 0.385. The number of hydrogen-bond donors (Lipinski definition) is 2. The van der Waals surface area contributed by atoms with E-state index in [2.05, 4.69) is 5.32 Å². The third-order valence-electron chi connectivity index (χ3n) is 2.57. The number of carboxylic acid groups (broad SMARTS) is 1. The van der Waals surface area contributed by atoms with Gasteiger partial charge in [-0.05, 0) is 23.6 Å². The zero-order valence-electron chi connectivity index (χ0n) is 10.3. The first-order valence-electron chi connectivity index (χ1n) is 5.66. The van der Waals surface area contributed by atoms with E-state index in [0.29, 0.717) is 5.02 Å². The summed E-state index contributed by atoms with van der Waals surface area (Å²) in [4.78, 5) is 22.4. The second kappa shape index (κ2) is 6.40. The van der Waals surface area contributed by atoms with Gasteiger partial charge in [-0.25, -0.2) is 0 Å². The molecule has 0 aromatic heterocycles. The molecule has 0 heterocycles. The number of carbonyl (C=O) groups excluding carboxylic acids is 1. The molecule has 0 fully saturated rings. The Morgan fingerprint density at radius 1 is 1.39 bits per heavy atom. The Morgan fingerprint density at radius 3 is 2.56 bits per heavy atom. The Bertz CT molecular complexity index is 446. The van der Waals surface area contributed by atoms with Crippen molar-refractivity contribution in [3.63, 3.8) is 0 Å². The zero-order valence-corrected chi connectivity index (χ0v) is 11.1. The minimum Gasteiger partial charge on any atom is -0.480 e. The maximum Gasteiger partial charge on any atom is 0.322 e. The van der Waals surface area contributed by atoms with Crippen LogP contribution in [0.15, 0.2) is 24.3 Å². The van der Waals surface area contributed by atoms with E-state index < -0.39 is 11.9 Å². The Balaban J connectivity index is 2.89. The van der Waals surface area contributed by atoms with E-state index >= 15 is 0 Å². The Labute approximate surface area is 111 Å². The van der Waals surface area contributed by atoms with Gasteiger partial charge in [0.15, 0.2) is 0 Å². The number of aliphatic carboxylic acids is 1. The molecule has 1 rings (SSSR count). The van der Waals surface area contributed by atoms with Crippen molar-refractivity contribution >= 4 is 23.5 Å². The second-order valence-electron chi connectivity index (χ2n) is 4.39. The molecule has 1 unspecified atom stereocenters. The van der Waals surface area contributed by atoms with Crippen molar-refractivity contribution in [3.05, 3.63) is 34.9 Å². The molecule has 0 saturated heterocycles. The molecular formula is C13H16ClNO3. The first-order valence-corrected chi connectivity index (χ1v) is 6.04. The van der Waals surface area contributed by atoms with Crippen LogP contribution in [0.2, 0.25) is 5.02 Å². The minimum absolute atomic E-state index is 0.0530. The van der Waals surface area contributed by atoms with Gasteiger partial charge in [0.2, 0.25) is 5.91 Å². The van der Waals surface area contributed by atoms with Gasteiger partial charge < -0.3 is 10.4 Å². The van der Waals surface area contributed by atoms with Crippen molar-refractivity contribution in [1.82, 2.24) is 5.32 Å². The van der Waals surface area contributed by atoms with Crippen LogP contribution in [0.25, 0.3) is 0 Å². The summed E-state index contributed by atoms with van der Waals surface area (Å²) in [6, 6.07) is 7.05. The smallest absolute Gasteiger partial charge is 0.322 e. The number of hydrogen-bond acceptors (Lipinski definition) is 2. The molecule has 0 aliphatic carbocycles. The molecule has 5 heteroatoms. The standard InChI is InChI=1S/C13H16ClNO3/c1-8(2)12(13(18)15-7-11(16)17)9-4-3-5-10(14)6-9/h3-6,8,12H,7H2,1-2H3,(H,15,18)(H,16,17). The van der Waals surface area contributed by atoms with Gasteiger partial charge in [0.1, 0.15) is 6.54 Å². The van der Waals surface area contributed by atoms with Crippen LogP contribution in [0.3, 0.4) is 0 Å². The summed E-state index contributed by atoms with van der Waals surface area (Å²) in [6.07, 6.45) is 0. The Morgan fingerprint density at radius 2 is 2.06 bits per heavy atom. The van der Waals surface area contributed by atoms with Crippen LogP contribution < -0.4 is 5.32 Å². The van der Waals surface area contributed by atoms with E-state index in [1.807, 2.05) is 19.9 Å². The summed E-state index contributed by atoms with van der Waals surface area (Å²) < 4.78 is 0. The topological polar surface area (TPSA) is 66.4 Å². The van der Waals surface area contributed by atoms with Crippen LogP contribution in [0.1, 0.15) is 25.3 Å². The van der Waals surface area contributed by atoms with Gasteiger partial charge in [-0.3, -0.25) is 9.59 Å². The number of benzene rings is 1. The zero-order chi connectivity index (χ0) is 13.7. The number of carboxylic acids is 1. The van der Waals surface area contributed by atoms with Gasteiger partial charge in [-0.2, -0.15) is 0 Å². The van der Waals surface area contributed by atoms with E-state index in [9.17, 15) is 9.59 Å². The highest BCUT2D eigenvalue weighted by atomic mass is 35.5. The minimum atomic E-state index is -1.06. The number of rotatable bonds is 5. The highest BCUT2D eigenvalue weighted by Crippen LogP contribution is 2.26. The molecule has 0 aliphatic rings. The van der Waals surface area contributed by atoms with Gasteiger partial charge >= 0.3 is 5.97 Å². The molecule has 1 aromatic rings. The molecule has 2 N–H and O–H groups in total. The van der Waals surface area contributed by atoms with E-state index in [-0.39, 0.29) is 18.4 Å². The van der Waals surface area contributed by atoms with Crippen LogP contribution >= 0.6 is 11.6 Å². The number of carbonyl (C=O) groups is 2. The third kappa shape index (κ3) is 4.04. The van der Waals surface area contributed by atoms with Crippen LogP contribution in [0.4, 0.5) is 0 Å². The largest absolute Gasteiger partial charge is 0.480 e. The summed E-state index contributed by atoms with van der Waals surface area (Å²) in [7, 11) is 0. The highest BCUT2D eigenvalue weighted by molar-refractivity contribution is 6.30. The van der Waals surface area contributed by atoms with Crippen LogP contribution in [0.5, 0.6) is 0 Å². The van der Waals surface area contributed by atoms with Crippen LogP contribution in [0, 0.1) is 5.92 Å². The summed E-state index contributed by atoms with van der Waals surface area (Å²) in [5.74, 6) is -1.70. The predicted molar refractivity (Wildman–Crippen MR) is 69.7 cm³/mol. The molecule has 1 atom stereocenters. The molecular weight excluding hydrogens is 254 g/mol. The maximum absolute atomic E-state index is 12.0. The average molecular weight is 270 g/mol. The lowest BCUT2D eigenvalue weighted by molar-refractivity contribution is -0.138. The van der Waals surface area contributed by atoms with Gasteiger partial charge in [-0.1, -0.05) is 37.6 Å². The van der Waals surface area contributed by atoms with E-state index in [0.717, 1.165) is 5.56 Å². The monoisotopic (exact) mass is 269 g/mol. The SMILES string of the molecule is CC(C)C(C(=O)NCC(=O)O)c1cccc(Cl)c1. The molecule has 0 radical (unpaired) electrons. The maximum atomic E-state index is 12.0. The molecule has 0 spiro atoms. The Kier molecular flexibility index (Phi) is 5.16. The summed E-state index contributed by atoms with van der Waals surface area (Å²) in [6.45, 7) is 3.44. The molecule has 18 heavy (non-hydrogen) atoms.